The molecule has 16 heavy (non-hydrogen) atoms. The summed E-state index contributed by atoms with van der Waals surface area (Å²) in [7, 11) is 0. The van der Waals surface area contributed by atoms with Gasteiger partial charge >= 0.3 is 5.97 Å². The molecule has 3 rings (SSSR count). The van der Waals surface area contributed by atoms with E-state index in [1.807, 2.05) is 37.3 Å². The number of carboxylic acids is 1. The zero-order valence-electron chi connectivity index (χ0n) is 8.82. The first kappa shape index (κ1) is 9.21. The van der Waals surface area contributed by atoms with Crippen molar-refractivity contribution in [3.63, 3.8) is 0 Å². The maximum absolute atomic E-state index is 11.0. The van der Waals surface area contributed by atoms with Gasteiger partial charge in [-0.05, 0) is 17.9 Å². The van der Waals surface area contributed by atoms with Gasteiger partial charge in [-0.2, -0.15) is 0 Å². The van der Waals surface area contributed by atoms with Gasteiger partial charge in [-0.15, -0.1) is 0 Å². The van der Waals surface area contributed by atoms with Gasteiger partial charge in [0, 0.05) is 16.6 Å². The average molecular weight is 213 g/mol. The van der Waals surface area contributed by atoms with Crippen LogP contribution in [0.3, 0.4) is 0 Å². The minimum Gasteiger partial charge on any atom is -0.479 e. The summed E-state index contributed by atoms with van der Waals surface area (Å²) in [5.41, 5.74) is 2.94. The average Bonchev–Trinajstić information content (AvgIpc) is 2.17. The molecule has 3 nitrogen and oxygen atoms in total. The SMILES string of the molecule is Cc1cc2ccccc2c2c1C(C(=O)O)N2. The Kier molecular flexibility index (Phi) is 1.72. The van der Waals surface area contributed by atoms with Gasteiger partial charge in [-0.1, -0.05) is 30.3 Å². The lowest BCUT2D eigenvalue weighted by Crippen LogP contribution is -2.31. The summed E-state index contributed by atoms with van der Waals surface area (Å²) in [5.74, 6) is -0.814. The molecule has 0 saturated carbocycles. The quantitative estimate of drug-likeness (QED) is 0.765. The molecule has 2 aromatic rings. The fourth-order valence-corrected chi connectivity index (χ4v) is 2.36. The third-order valence-corrected chi connectivity index (χ3v) is 3.12. The highest BCUT2D eigenvalue weighted by atomic mass is 16.4. The van der Waals surface area contributed by atoms with Crippen LogP contribution in [0, 0.1) is 6.92 Å². The summed E-state index contributed by atoms with van der Waals surface area (Å²) >= 11 is 0. The molecule has 0 spiro atoms. The molecule has 0 fully saturated rings. The molecule has 2 aromatic carbocycles. The molecular weight excluding hydrogens is 202 g/mol. The van der Waals surface area contributed by atoms with E-state index < -0.39 is 12.0 Å². The van der Waals surface area contributed by atoms with Crippen molar-refractivity contribution in [1.29, 1.82) is 0 Å². The molecular formula is C13H11NO2. The van der Waals surface area contributed by atoms with Crippen molar-refractivity contribution in [2.75, 3.05) is 5.32 Å². The number of anilines is 1. The Hall–Kier alpha value is -2.03. The molecule has 1 aliphatic heterocycles. The highest BCUT2D eigenvalue weighted by Gasteiger charge is 2.34. The van der Waals surface area contributed by atoms with Crippen LogP contribution < -0.4 is 5.32 Å². The third-order valence-electron chi connectivity index (χ3n) is 3.12. The minimum atomic E-state index is -0.814. The van der Waals surface area contributed by atoms with Crippen LogP contribution in [0.4, 0.5) is 5.69 Å². The molecule has 1 unspecified atom stereocenters. The lowest BCUT2D eigenvalue weighted by Gasteiger charge is -2.32. The van der Waals surface area contributed by atoms with E-state index in [9.17, 15) is 4.79 Å². The number of carboxylic acid groups (broad SMARTS) is 1. The van der Waals surface area contributed by atoms with Crippen molar-refractivity contribution in [1.82, 2.24) is 0 Å². The van der Waals surface area contributed by atoms with Crippen molar-refractivity contribution in [3.8, 4) is 0 Å². The molecule has 0 amide bonds. The predicted octanol–water partition coefficient (Wildman–Crippen LogP) is 2.70. The van der Waals surface area contributed by atoms with E-state index in [1.165, 1.54) is 0 Å². The maximum atomic E-state index is 11.0. The number of aryl methyl sites for hydroxylation is 1. The predicted molar refractivity (Wildman–Crippen MR) is 62.7 cm³/mol. The largest absolute Gasteiger partial charge is 0.479 e. The first-order valence-electron chi connectivity index (χ1n) is 5.20. The summed E-state index contributed by atoms with van der Waals surface area (Å²) in [6.07, 6.45) is 0. The second-order valence-electron chi connectivity index (χ2n) is 4.12. The third kappa shape index (κ3) is 1.05. The molecule has 2 N–H and O–H groups in total. The number of fused-ring (bicyclic) bond motifs is 3. The molecule has 3 heteroatoms. The first-order valence-corrected chi connectivity index (χ1v) is 5.20. The number of hydrogen-bond donors (Lipinski definition) is 2. The van der Waals surface area contributed by atoms with Crippen LogP contribution in [-0.2, 0) is 4.79 Å². The number of nitrogens with one attached hydrogen (secondary N) is 1. The standard InChI is InChI=1S/C13H11NO2/c1-7-6-8-4-2-3-5-9(8)11-10(7)12(14-11)13(15)16/h2-6,12,14H,1H3,(H,15,16). The Morgan fingerprint density at radius 3 is 2.88 bits per heavy atom. The number of hydrogen-bond acceptors (Lipinski definition) is 2. The van der Waals surface area contributed by atoms with Crippen LogP contribution in [-0.4, -0.2) is 11.1 Å². The fourth-order valence-electron chi connectivity index (χ4n) is 2.36. The van der Waals surface area contributed by atoms with Crippen molar-refractivity contribution in [3.05, 3.63) is 41.5 Å². The van der Waals surface area contributed by atoms with E-state index in [-0.39, 0.29) is 0 Å². The normalized spacial score (nSPS) is 17.4. The van der Waals surface area contributed by atoms with Crippen LogP contribution in [0.15, 0.2) is 30.3 Å². The Bertz CT molecular complexity index is 604. The molecule has 80 valence electrons. The van der Waals surface area contributed by atoms with E-state index in [4.69, 9.17) is 5.11 Å². The van der Waals surface area contributed by atoms with Crippen LogP contribution in [0.25, 0.3) is 10.8 Å². The zero-order valence-corrected chi connectivity index (χ0v) is 8.82. The molecule has 1 aliphatic rings. The molecule has 0 bridgehead atoms. The van der Waals surface area contributed by atoms with Gasteiger partial charge in [-0.25, -0.2) is 4.79 Å². The monoisotopic (exact) mass is 213 g/mol. The summed E-state index contributed by atoms with van der Waals surface area (Å²) in [4.78, 5) is 11.0. The Labute approximate surface area is 92.7 Å². The number of carbonyl (C=O) groups is 1. The highest BCUT2D eigenvalue weighted by Crippen LogP contribution is 2.43. The van der Waals surface area contributed by atoms with Crippen molar-refractivity contribution < 1.29 is 9.90 Å². The van der Waals surface area contributed by atoms with E-state index in [0.717, 1.165) is 27.6 Å². The van der Waals surface area contributed by atoms with E-state index in [2.05, 4.69) is 5.32 Å². The van der Waals surface area contributed by atoms with Gasteiger partial charge < -0.3 is 10.4 Å². The minimum absolute atomic E-state index is 0.542. The first-order chi connectivity index (χ1) is 7.68. The number of benzene rings is 2. The van der Waals surface area contributed by atoms with Gasteiger partial charge in [0.1, 0.15) is 0 Å². The van der Waals surface area contributed by atoms with Gasteiger partial charge in [0.15, 0.2) is 6.04 Å². The van der Waals surface area contributed by atoms with Gasteiger partial charge in [0.25, 0.3) is 0 Å². The Morgan fingerprint density at radius 2 is 2.12 bits per heavy atom. The zero-order chi connectivity index (χ0) is 11.3. The second kappa shape index (κ2) is 2.98. The number of aliphatic carboxylic acids is 1. The summed E-state index contributed by atoms with van der Waals surface area (Å²) < 4.78 is 0. The summed E-state index contributed by atoms with van der Waals surface area (Å²) in [5, 5.41) is 14.3. The van der Waals surface area contributed by atoms with Crippen LogP contribution in [0.5, 0.6) is 0 Å². The van der Waals surface area contributed by atoms with Gasteiger partial charge in [0.2, 0.25) is 0 Å². The van der Waals surface area contributed by atoms with E-state index in [0.29, 0.717) is 0 Å². The second-order valence-corrected chi connectivity index (χ2v) is 4.12. The summed E-state index contributed by atoms with van der Waals surface area (Å²) in [6, 6.07) is 9.51. The van der Waals surface area contributed by atoms with Gasteiger partial charge in [-0.3, -0.25) is 0 Å². The van der Waals surface area contributed by atoms with Crippen LogP contribution >= 0.6 is 0 Å². The Balaban J connectivity index is 2.30. The Morgan fingerprint density at radius 1 is 1.38 bits per heavy atom. The topological polar surface area (TPSA) is 49.3 Å². The highest BCUT2D eigenvalue weighted by molar-refractivity contribution is 6.03. The molecule has 0 aliphatic carbocycles. The molecule has 1 atom stereocenters. The molecule has 0 saturated heterocycles. The lowest BCUT2D eigenvalue weighted by molar-refractivity contribution is -0.138. The lowest BCUT2D eigenvalue weighted by atomic mass is 9.88. The molecule has 0 radical (unpaired) electrons. The fraction of sp³-hybridized carbons (Fsp3) is 0.154. The van der Waals surface area contributed by atoms with E-state index >= 15 is 0 Å². The van der Waals surface area contributed by atoms with Crippen molar-refractivity contribution in [2.24, 2.45) is 0 Å². The summed E-state index contributed by atoms with van der Waals surface area (Å²) in [6.45, 7) is 1.96. The maximum Gasteiger partial charge on any atom is 0.330 e. The smallest absolute Gasteiger partial charge is 0.330 e. The van der Waals surface area contributed by atoms with Crippen LogP contribution in [0.2, 0.25) is 0 Å². The van der Waals surface area contributed by atoms with Gasteiger partial charge in [0.05, 0.1) is 0 Å². The van der Waals surface area contributed by atoms with Crippen LogP contribution in [0.1, 0.15) is 17.2 Å². The number of rotatable bonds is 1. The van der Waals surface area contributed by atoms with E-state index in [1.54, 1.807) is 0 Å². The van der Waals surface area contributed by atoms with Crippen molar-refractivity contribution >= 4 is 22.4 Å². The molecule has 1 heterocycles. The molecule has 0 aromatic heterocycles. The van der Waals surface area contributed by atoms with Crippen molar-refractivity contribution in [2.45, 2.75) is 13.0 Å².